The summed E-state index contributed by atoms with van der Waals surface area (Å²) < 4.78 is 11.1. The molecule has 0 N–H and O–H groups in total. The van der Waals surface area contributed by atoms with Crippen molar-refractivity contribution in [1.82, 2.24) is 9.80 Å². The standard InChI is InChI=1S/C28H31ClN2O4S/c1-2-34-17-6-15-30(27(33)20-35-23-7-4-3-5-8-23)19-26(32)31-16-13-25-24(14-18-36-25)28(31)21-9-11-22(29)12-10-21/h3-5,7-12,14,18,28H,2,6,13,15-17,19-20H2,1H3. The van der Waals surface area contributed by atoms with E-state index in [4.69, 9.17) is 21.1 Å². The summed E-state index contributed by atoms with van der Waals surface area (Å²) in [5.41, 5.74) is 2.15. The van der Waals surface area contributed by atoms with Crippen molar-refractivity contribution in [3.63, 3.8) is 0 Å². The number of rotatable bonds is 11. The summed E-state index contributed by atoms with van der Waals surface area (Å²) in [6.45, 7) is 3.97. The largest absolute Gasteiger partial charge is 0.484 e. The van der Waals surface area contributed by atoms with Gasteiger partial charge in [0.15, 0.2) is 6.61 Å². The van der Waals surface area contributed by atoms with Gasteiger partial charge in [-0.05, 0) is 66.6 Å². The van der Waals surface area contributed by atoms with E-state index in [9.17, 15) is 9.59 Å². The van der Waals surface area contributed by atoms with Gasteiger partial charge >= 0.3 is 0 Å². The predicted octanol–water partition coefficient (Wildman–Crippen LogP) is 5.21. The predicted molar refractivity (Wildman–Crippen MR) is 143 cm³/mol. The van der Waals surface area contributed by atoms with E-state index in [0.29, 0.717) is 43.5 Å². The van der Waals surface area contributed by atoms with Crippen molar-refractivity contribution in [1.29, 1.82) is 0 Å². The van der Waals surface area contributed by atoms with Crippen LogP contribution in [-0.4, -0.2) is 61.1 Å². The Labute approximate surface area is 221 Å². The number of halogens is 1. The summed E-state index contributed by atoms with van der Waals surface area (Å²) in [6.07, 6.45) is 1.45. The Morgan fingerprint density at radius 3 is 2.64 bits per heavy atom. The highest BCUT2D eigenvalue weighted by molar-refractivity contribution is 7.10. The molecule has 0 spiro atoms. The quantitative estimate of drug-likeness (QED) is 0.322. The Morgan fingerprint density at radius 1 is 1.11 bits per heavy atom. The smallest absolute Gasteiger partial charge is 0.260 e. The molecule has 0 fully saturated rings. The summed E-state index contributed by atoms with van der Waals surface area (Å²) in [5, 5.41) is 2.73. The van der Waals surface area contributed by atoms with Crippen LogP contribution in [0.3, 0.4) is 0 Å². The maximum atomic E-state index is 13.7. The molecule has 36 heavy (non-hydrogen) atoms. The first-order valence-electron chi connectivity index (χ1n) is 12.2. The van der Waals surface area contributed by atoms with Crippen LogP contribution in [0.4, 0.5) is 0 Å². The van der Waals surface area contributed by atoms with Crippen molar-refractivity contribution in [2.75, 3.05) is 39.5 Å². The number of benzene rings is 2. The van der Waals surface area contributed by atoms with Crippen LogP contribution in [0.5, 0.6) is 5.75 Å². The van der Waals surface area contributed by atoms with Gasteiger partial charge in [-0.15, -0.1) is 11.3 Å². The van der Waals surface area contributed by atoms with Crippen LogP contribution in [0.1, 0.15) is 35.4 Å². The van der Waals surface area contributed by atoms with Crippen molar-refractivity contribution in [3.05, 3.63) is 87.1 Å². The molecular weight excluding hydrogens is 496 g/mol. The first kappa shape index (κ1) is 26.2. The number of thiophene rings is 1. The van der Waals surface area contributed by atoms with Gasteiger partial charge in [-0.25, -0.2) is 0 Å². The second-order valence-corrected chi connectivity index (χ2v) is 9.99. The van der Waals surface area contributed by atoms with E-state index < -0.39 is 0 Å². The molecule has 1 aliphatic heterocycles. The van der Waals surface area contributed by atoms with E-state index in [0.717, 1.165) is 17.5 Å². The van der Waals surface area contributed by atoms with E-state index in [1.54, 1.807) is 28.4 Å². The molecule has 2 heterocycles. The third kappa shape index (κ3) is 6.66. The average Bonchev–Trinajstić information content (AvgIpc) is 3.38. The first-order chi connectivity index (χ1) is 17.6. The number of carbonyl (C=O) groups is 2. The number of hydrogen-bond donors (Lipinski definition) is 0. The SMILES string of the molecule is CCOCCCN(CC(=O)N1CCc2sccc2C1c1ccc(Cl)cc1)C(=O)COc1ccccc1. The van der Waals surface area contributed by atoms with E-state index >= 15 is 0 Å². The lowest BCUT2D eigenvalue weighted by Gasteiger charge is -2.37. The maximum Gasteiger partial charge on any atom is 0.260 e. The van der Waals surface area contributed by atoms with Crippen LogP contribution in [-0.2, 0) is 20.7 Å². The molecule has 0 radical (unpaired) electrons. The molecule has 190 valence electrons. The lowest BCUT2D eigenvalue weighted by molar-refractivity contribution is -0.143. The highest BCUT2D eigenvalue weighted by Gasteiger charge is 2.34. The molecule has 1 unspecified atom stereocenters. The third-order valence-corrected chi connectivity index (χ3v) is 7.43. The molecule has 0 saturated heterocycles. The fourth-order valence-electron chi connectivity index (χ4n) is 4.39. The Kier molecular flexibility index (Phi) is 9.39. The molecule has 1 aliphatic rings. The summed E-state index contributed by atoms with van der Waals surface area (Å²) in [5.74, 6) is 0.312. The van der Waals surface area contributed by atoms with Crippen molar-refractivity contribution in [3.8, 4) is 5.75 Å². The first-order valence-corrected chi connectivity index (χ1v) is 13.5. The Bertz CT molecular complexity index is 1140. The molecule has 4 rings (SSSR count). The second kappa shape index (κ2) is 12.9. The van der Waals surface area contributed by atoms with Crippen molar-refractivity contribution >= 4 is 34.8 Å². The minimum atomic E-state index is -0.222. The van der Waals surface area contributed by atoms with Gasteiger partial charge in [0.1, 0.15) is 5.75 Å². The number of nitrogens with zero attached hydrogens (tertiary/aromatic N) is 2. The molecule has 0 bridgehead atoms. The number of hydrogen-bond acceptors (Lipinski definition) is 5. The highest BCUT2D eigenvalue weighted by Crippen LogP contribution is 2.38. The summed E-state index contributed by atoms with van der Waals surface area (Å²) in [6, 6.07) is 18.8. The number of ether oxygens (including phenoxy) is 2. The van der Waals surface area contributed by atoms with Gasteiger partial charge in [-0.3, -0.25) is 9.59 Å². The fraction of sp³-hybridized carbons (Fsp3) is 0.357. The molecule has 2 aromatic carbocycles. The number of para-hydroxylation sites is 1. The van der Waals surface area contributed by atoms with Crippen LogP contribution in [0, 0.1) is 0 Å². The monoisotopic (exact) mass is 526 g/mol. The van der Waals surface area contributed by atoms with Gasteiger partial charge in [0.25, 0.3) is 5.91 Å². The topological polar surface area (TPSA) is 59.1 Å². The van der Waals surface area contributed by atoms with Crippen LogP contribution in [0.2, 0.25) is 5.02 Å². The lowest BCUT2D eigenvalue weighted by Crippen LogP contribution is -2.48. The molecular formula is C28H31ClN2O4S. The summed E-state index contributed by atoms with van der Waals surface area (Å²) in [4.78, 5) is 31.6. The van der Waals surface area contributed by atoms with Crippen molar-refractivity contribution in [2.24, 2.45) is 0 Å². The molecule has 3 aromatic rings. The third-order valence-electron chi connectivity index (χ3n) is 6.18. The Morgan fingerprint density at radius 2 is 1.89 bits per heavy atom. The van der Waals surface area contributed by atoms with Gasteiger partial charge < -0.3 is 19.3 Å². The highest BCUT2D eigenvalue weighted by atomic mass is 35.5. The minimum absolute atomic E-state index is 0.00727. The molecule has 0 aliphatic carbocycles. The molecule has 2 amide bonds. The van der Waals surface area contributed by atoms with Gasteiger partial charge in [0, 0.05) is 36.2 Å². The zero-order valence-electron chi connectivity index (χ0n) is 20.4. The minimum Gasteiger partial charge on any atom is -0.484 e. The van der Waals surface area contributed by atoms with Crippen LogP contribution in [0.25, 0.3) is 0 Å². The van der Waals surface area contributed by atoms with Gasteiger partial charge in [0.2, 0.25) is 5.91 Å². The molecule has 8 heteroatoms. The van der Waals surface area contributed by atoms with Crippen LogP contribution < -0.4 is 4.74 Å². The Balaban J connectivity index is 1.50. The zero-order chi connectivity index (χ0) is 25.3. The normalized spacial score (nSPS) is 14.8. The van der Waals surface area contributed by atoms with Gasteiger partial charge in [0.05, 0.1) is 12.6 Å². The van der Waals surface area contributed by atoms with Gasteiger partial charge in [-0.1, -0.05) is 41.9 Å². The van der Waals surface area contributed by atoms with Crippen molar-refractivity contribution in [2.45, 2.75) is 25.8 Å². The number of fused-ring (bicyclic) bond motifs is 1. The lowest BCUT2D eigenvalue weighted by atomic mass is 9.93. The van der Waals surface area contributed by atoms with E-state index in [1.165, 1.54) is 4.88 Å². The second-order valence-electron chi connectivity index (χ2n) is 8.56. The Hall–Kier alpha value is -2.87. The summed E-state index contributed by atoms with van der Waals surface area (Å²) in [7, 11) is 0. The average molecular weight is 527 g/mol. The van der Waals surface area contributed by atoms with Crippen molar-refractivity contribution < 1.29 is 19.1 Å². The molecule has 1 aromatic heterocycles. The van der Waals surface area contributed by atoms with Crippen LogP contribution in [0.15, 0.2) is 66.0 Å². The number of amides is 2. The van der Waals surface area contributed by atoms with E-state index in [2.05, 4.69) is 11.4 Å². The maximum absolute atomic E-state index is 13.7. The summed E-state index contributed by atoms with van der Waals surface area (Å²) >= 11 is 7.85. The molecule has 6 nitrogen and oxygen atoms in total. The molecule has 1 atom stereocenters. The van der Waals surface area contributed by atoms with E-state index in [-0.39, 0.29) is 31.0 Å². The van der Waals surface area contributed by atoms with Gasteiger partial charge in [-0.2, -0.15) is 0 Å². The van der Waals surface area contributed by atoms with Crippen LogP contribution >= 0.6 is 22.9 Å². The fourth-order valence-corrected chi connectivity index (χ4v) is 5.42. The zero-order valence-corrected chi connectivity index (χ0v) is 22.0. The number of carbonyl (C=O) groups excluding carboxylic acids is 2. The van der Waals surface area contributed by atoms with E-state index in [1.807, 2.05) is 54.3 Å². The molecule has 0 saturated carbocycles.